The number of hydroxylamine groups is 1. The molecule has 4 rings (SSSR count). The Balaban J connectivity index is 1.39. The summed E-state index contributed by atoms with van der Waals surface area (Å²) in [5.74, 6) is -1.69. The summed E-state index contributed by atoms with van der Waals surface area (Å²) in [6.07, 6.45) is 1.15. The molecule has 10 nitrogen and oxygen atoms in total. The number of carbonyl (C=O) groups excluding carboxylic acids is 2. The van der Waals surface area contributed by atoms with Gasteiger partial charge in [-0.25, -0.2) is 10.3 Å². The van der Waals surface area contributed by atoms with Gasteiger partial charge in [0.05, 0.1) is 18.6 Å². The highest BCUT2D eigenvalue weighted by Gasteiger charge is 2.46. The molecular weight excluding hydrogens is 440 g/mol. The van der Waals surface area contributed by atoms with Gasteiger partial charge in [0.2, 0.25) is 11.8 Å². The first-order valence-electron chi connectivity index (χ1n) is 12.1. The number of benzene rings is 1. The van der Waals surface area contributed by atoms with Gasteiger partial charge in [0.1, 0.15) is 0 Å². The largest absolute Gasteiger partial charge is 0.465 e. The van der Waals surface area contributed by atoms with Crippen LogP contribution in [0.1, 0.15) is 25.7 Å². The highest BCUT2D eigenvalue weighted by Crippen LogP contribution is 2.42. The average Bonchev–Trinajstić information content (AvgIpc) is 3.33. The van der Waals surface area contributed by atoms with E-state index in [0.717, 1.165) is 18.8 Å². The zero-order valence-corrected chi connectivity index (χ0v) is 19.3. The zero-order chi connectivity index (χ0) is 24.2. The van der Waals surface area contributed by atoms with E-state index in [9.17, 15) is 29.8 Å². The first-order valence-corrected chi connectivity index (χ1v) is 12.1. The van der Waals surface area contributed by atoms with E-state index in [1.165, 1.54) is 4.90 Å². The van der Waals surface area contributed by atoms with Crippen LogP contribution in [0.2, 0.25) is 0 Å². The molecule has 34 heavy (non-hydrogen) atoms. The third kappa shape index (κ3) is 4.97. The highest BCUT2D eigenvalue weighted by atomic mass is 16.5. The summed E-state index contributed by atoms with van der Waals surface area (Å²) in [5.41, 5.74) is 2.87. The predicted molar refractivity (Wildman–Crippen MR) is 123 cm³/mol. The highest BCUT2D eigenvalue weighted by molar-refractivity contribution is 5.87. The van der Waals surface area contributed by atoms with Gasteiger partial charge in [-0.2, -0.15) is 0 Å². The maximum Gasteiger partial charge on any atom is 0.407 e. The molecule has 2 heterocycles. The molecule has 3 aliphatic rings. The molecule has 10 heteroatoms. The number of hydrogen-bond donors (Lipinski definition) is 4. The quantitative estimate of drug-likeness (QED) is 0.373. The third-order valence-electron chi connectivity index (χ3n) is 7.94. The lowest BCUT2D eigenvalue weighted by molar-refractivity contribution is -0.148. The van der Waals surface area contributed by atoms with E-state index in [1.54, 1.807) is 5.48 Å². The molecule has 1 aliphatic carbocycles. The number of aliphatic hydroxyl groups is 1. The minimum atomic E-state index is -1.05. The molecule has 0 bridgehead atoms. The third-order valence-corrected chi connectivity index (χ3v) is 7.94. The topological polar surface area (TPSA) is 134 Å². The van der Waals surface area contributed by atoms with Gasteiger partial charge < -0.3 is 24.9 Å². The number of anilines is 1. The first kappa shape index (κ1) is 24.3. The van der Waals surface area contributed by atoms with Crippen molar-refractivity contribution in [1.82, 2.24) is 15.3 Å². The van der Waals surface area contributed by atoms with Crippen LogP contribution in [0.15, 0.2) is 30.3 Å². The van der Waals surface area contributed by atoms with E-state index in [1.807, 2.05) is 23.1 Å². The lowest BCUT2D eigenvalue weighted by Gasteiger charge is -2.41. The van der Waals surface area contributed by atoms with Crippen molar-refractivity contribution in [3.63, 3.8) is 0 Å². The Bertz CT molecular complexity index is 875. The maximum atomic E-state index is 13.4. The molecule has 1 aromatic carbocycles. The summed E-state index contributed by atoms with van der Waals surface area (Å²) >= 11 is 0. The van der Waals surface area contributed by atoms with Crippen molar-refractivity contribution in [2.45, 2.75) is 31.7 Å². The molecular formula is C24H34N4O6. The van der Waals surface area contributed by atoms with Crippen LogP contribution in [0, 0.1) is 23.7 Å². The minimum absolute atomic E-state index is 0.0210. The Morgan fingerprint density at radius 1 is 0.941 bits per heavy atom. The van der Waals surface area contributed by atoms with Gasteiger partial charge in [-0.15, -0.1) is 0 Å². The molecule has 1 unspecified atom stereocenters. The Labute approximate surface area is 199 Å². The van der Waals surface area contributed by atoms with E-state index >= 15 is 0 Å². The fourth-order valence-corrected chi connectivity index (χ4v) is 6.06. The number of aliphatic hydroxyl groups excluding tert-OH is 1. The van der Waals surface area contributed by atoms with Gasteiger partial charge in [0.25, 0.3) is 0 Å². The van der Waals surface area contributed by atoms with E-state index < -0.39 is 29.9 Å². The molecule has 3 fully saturated rings. The molecule has 3 amide bonds. The van der Waals surface area contributed by atoms with Crippen molar-refractivity contribution in [2.75, 3.05) is 44.2 Å². The molecule has 2 saturated heterocycles. The predicted octanol–water partition coefficient (Wildman–Crippen LogP) is 1.23. The van der Waals surface area contributed by atoms with Gasteiger partial charge >= 0.3 is 6.09 Å². The average molecular weight is 475 g/mol. The molecule has 5 atom stereocenters. The number of hydrogen-bond acceptors (Lipinski definition) is 6. The Hall–Kier alpha value is -2.85. The van der Waals surface area contributed by atoms with Crippen LogP contribution in [-0.2, 0) is 9.59 Å². The molecule has 0 radical (unpaired) electrons. The number of rotatable bonds is 5. The number of carboxylic acid groups (broad SMARTS) is 1. The second kappa shape index (κ2) is 10.6. The van der Waals surface area contributed by atoms with Crippen molar-refractivity contribution in [3.05, 3.63) is 30.3 Å². The summed E-state index contributed by atoms with van der Waals surface area (Å²) in [6, 6.07) is 9.62. The van der Waals surface area contributed by atoms with Crippen molar-refractivity contribution < 1.29 is 29.8 Å². The molecule has 0 spiro atoms. The Kier molecular flexibility index (Phi) is 7.57. The number of amides is 3. The smallest absolute Gasteiger partial charge is 0.407 e. The molecule has 2 aliphatic heterocycles. The first-order chi connectivity index (χ1) is 16.4. The second-order valence-corrected chi connectivity index (χ2v) is 9.68. The van der Waals surface area contributed by atoms with E-state index in [2.05, 4.69) is 17.0 Å². The van der Waals surface area contributed by atoms with Gasteiger partial charge in [-0.3, -0.25) is 14.8 Å². The maximum absolute atomic E-state index is 13.4. The van der Waals surface area contributed by atoms with Gasteiger partial charge in [-0.1, -0.05) is 18.2 Å². The second-order valence-electron chi connectivity index (χ2n) is 9.68. The van der Waals surface area contributed by atoms with Crippen molar-refractivity contribution >= 4 is 23.6 Å². The molecule has 1 aromatic rings. The van der Waals surface area contributed by atoms with E-state index in [4.69, 9.17) is 0 Å². The molecule has 4 N–H and O–H groups in total. The van der Waals surface area contributed by atoms with E-state index in [0.29, 0.717) is 45.3 Å². The van der Waals surface area contributed by atoms with Crippen LogP contribution in [0.4, 0.5) is 10.5 Å². The lowest BCUT2D eigenvalue weighted by atomic mass is 9.68. The lowest BCUT2D eigenvalue weighted by Crippen LogP contribution is -2.53. The molecule has 186 valence electrons. The van der Waals surface area contributed by atoms with Crippen LogP contribution in [0.25, 0.3) is 0 Å². The van der Waals surface area contributed by atoms with E-state index in [-0.39, 0.29) is 24.3 Å². The number of nitrogens with one attached hydrogen (secondary N) is 1. The van der Waals surface area contributed by atoms with Crippen LogP contribution >= 0.6 is 0 Å². The normalized spacial score (nSPS) is 29.7. The fourth-order valence-electron chi connectivity index (χ4n) is 6.06. The Morgan fingerprint density at radius 2 is 1.65 bits per heavy atom. The van der Waals surface area contributed by atoms with Crippen LogP contribution in [0.3, 0.4) is 0 Å². The summed E-state index contributed by atoms with van der Waals surface area (Å²) in [5, 5.41) is 28.4. The van der Waals surface area contributed by atoms with Crippen LogP contribution in [0.5, 0.6) is 0 Å². The van der Waals surface area contributed by atoms with Gasteiger partial charge in [0, 0.05) is 44.3 Å². The number of piperazine rings is 1. The van der Waals surface area contributed by atoms with Gasteiger partial charge in [-0.05, 0) is 49.7 Å². The summed E-state index contributed by atoms with van der Waals surface area (Å²) in [4.78, 5) is 42.8. The fraction of sp³-hybridized carbons (Fsp3) is 0.625. The molecule has 0 aromatic heterocycles. The number of nitrogens with zero attached hydrogens (tertiary/aromatic N) is 3. The number of para-hydroxylation sites is 1. The monoisotopic (exact) mass is 474 g/mol. The standard InChI is InChI=1S/C24H34N4O6/c29-15-19-12-17(14-28(19)24(32)33)16-6-7-20(21(13-16)22(30)25-34)23(31)27-10-8-26(9-11-27)18-4-2-1-3-5-18/h1-5,16-17,19-21,29,34H,6-15H2,(H,25,30)(H,32,33)/t16-,17?,19+,20+,21+/m1/s1. The number of carbonyl (C=O) groups is 3. The van der Waals surface area contributed by atoms with Crippen molar-refractivity contribution in [1.29, 1.82) is 0 Å². The summed E-state index contributed by atoms with van der Waals surface area (Å²) in [7, 11) is 0. The van der Waals surface area contributed by atoms with Crippen LogP contribution < -0.4 is 10.4 Å². The zero-order valence-electron chi connectivity index (χ0n) is 19.3. The Morgan fingerprint density at radius 3 is 2.24 bits per heavy atom. The molecule has 1 saturated carbocycles. The van der Waals surface area contributed by atoms with Crippen molar-refractivity contribution in [3.8, 4) is 0 Å². The summed E-state index contributed by atoms with van der Waals surface area (Å²) < 4.78 is 0. The van der Waals surface area contributed by atoms with Crippen LogP contribution in [-0.4, -0.2) is 88.5 Å². The minimum Gasteiger partial charge on any atom is -0.465 e. The van der Waals surface area contributed by atoms with Crippen molar-refractivity contribution in [2.24, 2.45) is 23.7 Å². The summed E-state index contributed by atoms with van der Waals surface area (Å²) in [6.45, 7) is 2.69. The van der Waals surface area contributed by atoms with Gasteiger partial charge in [0.15, 0.2) is 0 Å². The number of likely N-dealkylation sites (tertiary alicyclic amines) is 1. The SMILES string of the molecule is O=C(NO)[C@H]1C[C@H](C2C[C@@H](CO)N(C(=O)O)C2)CC[C@@H]1C(=O)N1CCN(c2ccccc2)CC1.